The van der Waals surface area contributed by atoms with Gasteiger partial charge in [0.2, 0.25) is 0 Å². The standard InChI is InChI=1S/C13H10FN5/c1-2-7-4-16-13(19-11(7)15)10-6-18-12-9(10)3-8(14)5-17-12/h2-6H,1H2,(H,17,18)(H2,15,16,19). The summed E-state index contributed by atoms with van der Waals surface area (Å²) in [6, 6.07) is 1.38. The Kier molecular flexibility index (Phi) is 2.49. The number of nitrogens with two attached hydrogens (primary N) is 1. The largest absolute Gasteiger partial charge is 0.383 e. The Morgan fingerprint density at radius 3 is 2.89 bits per heavy atom. The fourth-order valence-electron chi connectivity index (χ4n) is 1.85. The molecule has 0 amide bonds. The summed E-state index contributed by atoms with van der Waals surface area (Å²) in [5, 5.41) is 0.616. The summed E-state index contributed by atoms with van der Waals surface area (Å²) in [4.78, 5) is 15.3. The highest BCUT2D eigenvalue weighted by molar-refractivity contribution is 5.91. The highest BCUT2D eigenvalue weighted by atomic mass is 19.1. The maximum atomic E-state index is 13.3. The quantitative estimate of drug-likeness (QED) is 0.736. The molecule has 3 aromatic heterocycles. The number of rotatable bonds is 2. The molecule has 19 heavy (non-hydrogen) atoms. The molecule has 3 N–H and O–H groups in total. The van der Waals surface area contributed by atoms with Crippen molar-refractivity contribution in [3.8, 4) is 11.4 Å². The van der Waals surface area contributed by atoms with Gasteiger partial charge in [0.05, 0.1) is 6.20 Å². The van der Waals surface area contributed by atoms with E-state index in [2.05, 4.69) is 26.5 Å². The normalized spacial score (nSPS) is 10.8. The maximum Gasteiger partial charge on any atom is 0.163 e. The summed E-state index contributed by atoms with van der Waals surface area (Å²) in [7, 11) is 0. The first-order valence-corrected chi connectivity index (χ1v) is 5.57. The van der Waals surface area contributed by atoms with Crippen LogP contribution in [-0.4, -0.2) is 19.9 Å². The van der Waals surface area contributed by atoms with Crippen molar-refractivity contribution < 1.29 is 4.39 Å². The van der Waals surface area contributed by atoms with Crippen LogP contribution in [-0.2, 0) is 0 Å². The highest BCUT2D eigenvalue weighted by Gasteiger charge is 2.11. The van der Waals surface area contributed by atoms with Crippen LogP contribution in [0.15, 0.2) is 31.2 Å². The van der Waals surface area contributed by atoms with Gasteiger partial charge in [-0.15, -0.1) is 0 Å². The molecule has 0 saturated carbocycles. The number of nitrogens with one attached hydrogen (secondary N) is 1. The molecule has 0 radical (unpaired) electrons. The number of anilines is 1. The van der Waals surface area contributed by atoms with E-state index in [-0.39, 0.29) is 0 Å². The van der Waals surface area contributed by atoms with Gasteiger partial charge in [-0.3, -0.25) is 0 Å². The lowest BCUT2D eigenvalue weighted by atomic mass is 10.2. The van der Waals surface area contributed by atoms with Gasteiger partial charge in [-0.25, -0.2) is 19.3 Å². The van der Waals surface area contributed by atoms with Crippen molar-refractivity contribution in [2.24, 2.45) is 0 Å². The third-order valence-electron chi connectivity index (χ3n) is 2.81. The van der Waals surface area contributed by atoms with E-state index in [0.29, 0.717) is 33.8 Å². The van der Waals surface area contributed by atoms with E-state index >= 15 is 0 Å². The molecule has 0 fully saturated rings. The van der Waals surface area contributed by atoms with Gasteiger partial charge in [0.25, 0.3) is 0 Å². The van der Waals surface area contributed by atoms with Crippen molar-refractivity contribution >= 4 is 22.9 Å². The maximum absolute atomic E-state index is 13.3. The predicted octanol–water partition coefficient (Wildman–Crippen LogP) is 2.38. The van der Waals surface area contributed by atoms with E-state index < -0.39 is 5.82 Å². The number of pyridine rings is 1. The van der Waals surface area contributed by atoms with Crippen LogP contribution < -0.4 is 5.73 Å². The summed E-state index contributed by atoms with van der Waals surface area (Å²) in [6.07, 6.45) is 5.99. The van der Waals surface area contributed by atoms with Crippen LogP contribution in [0.3, 0.4) is 0 Å². The highest BCUT2D eigenvalue weighted by Crippen LogP contribution is 2.26. The minimum atomic E-state index is -0.413. The van der Waals surface area contributed by atoms with Gasteiger partial charge in [-0.05, 0) is 6.07 Å². The molecule has 3 heterocycles. The third-order valence-corrected chi connectivity index (χ3v) is 2.81. The number of hydrogen-bond donors (Lipinski definition) is 2. The Balaban J connectivity index is 2.21. The molecule has 0 spiro atoms. The molecule has 0 atom stereocenters. The molecule has 0 bridgehead atoms. The van der Waals surface area contributed by atoms with E-state index in [9.17, 15) is 4.39 Å². The topological polar surface area (TPSA) is 80.5 Å². The molecule has 0 saturated heterocycles. The molecule has 0 aliphatic rings. The molecule has 6 heteroatoms. The van der Waals surface area contributed by atoms with Gasteiger partial charge in [-0.2, -0.15) is 0 Å². The van der Waals surface area contributed by atoms with Crippen LogP contribution in [0.5, 0.6) is 0 Å². The molecule has 0 aromatic carbocycles. The van der Waals surface area contributed by atoms with Crippen molar-refractivity contribution in [3.63, 3.8) is 0 Å². The van der Waals surface area contributed by atoms with Gasteiger partial charge in [0, 0.05) is 28.9 Å². The summed E-state index contributed by atoms with van der Waals surface area (Å²) >= 11 is 0. The lowest BCUT2D eigenvalue weighted by Gasteiger charge is -2.02. The summed E-state index contributed by atoms with van der Waals surface area (Å²) in [5.74, 6) is 0.337. The van der Waals surface area contributed by atoms with E-state index in [1.807, 2.05) is 0 Å². The fraction of sp³-hybridized carbons (Fsp3) is 0. The van der Waals surface area contributed by atoms with Gasteiger partial charge < -0.3 is 10.7 Å². The van der Waals surface area contributed by atoms with Crippen LogP contribution in [0.25, 0.3) is 28.5 Å². The number of H-pyrrole nitrogens is 1. The number of aromatic nitrogens is 4. The number of halogens is 1. The number of nitrogens with zero attached hydrogens (tertiary/aromatic N) is 3. The Hall–Kier alpha value is -2.76. The molecule has 0 unspecified atom stereocenters. The average Bonchev–Trinajstić information content (AvgIpc) is 2.81. The van der Waals surface area contributed by atoms with Crippen LogP contribution in [0, 0.1) is 5.82 Å². The minimum Gasteiger partial charge on any atom is -0.383 e. The first-order chi connectivity index (χ1) is 9.19. The Morgan fingerprint density at radius 2 is 2.16 bits per heavy atom. The first kappa shape index (κ1) is 11.3. The molecule has 0 aliphatic heterocycles. The molecule has 3 rings (SSSR count). The minimum absolute atomic E-state index is 0.332. The second-order valence-corrected chi connectivity index (χ2v) is 3.99. The molecule has 0 aliphatic carbocycles. The number of nitrogen functional groups attached to an aromatic ring is 1. The van der Waals surface area contributed by atoms with Crippen LogP contribution in [0.1, 0.15) is 5.56 Å². The van der Waals surface area contributed by atoms with E-state index in [4.69, 9.17) is 5.73 Å². The smallest absolute Gasteiger partial charge is 0.163 e. The zero-order chi connectivity index (χ0) is 13.4. The SMILES string of the molecule is C=Cc1cnc(-c2c[nH]c3ncc(F)cc23)nc1N. The molecule has 3 aromatic rings. The summed E-state index contributed by atoms with van der Waals surface area (Å²) in [6.45, 7) is 3.62. The Bertz CT molecular complexity index is 778. The Morgan fingerprint density at radius 1 is 1.32 bits per heavy atom. The van der Waals surface area contributed by atoms with E-state index in [0.717, 1.165) is 6.20 Å². The molecular formula is C13H10FN5. The number of aromatic amines is 1. The monoisotopic (exact) mass is 255 g/mol. The van der Waals surface area contributed by atoms with Crippen LogP contribution in [0.2, 0.25) is 0 Å². The fourth-order valence-corrected chi connectivity index (χ4v) is 1.85. The van der Waals surface area contributed by atoms with Gasteiger partial charge >= 0.3 is 0 Å². The molecule has 5 nitrogen and oxygen atoms in total. The third kappa shape index (κ3) is 1.83. The lowest BCUT2D eigenvalue weighted by molar-refractivity contribution is 0.624. The zero-order valence-electron chi connectivity index (χ0n) is 9.89. The summed E-state index contributed by atoms with van der Waals surface area (Å²) in [5.41, 5.74) is 7.68. The van der Waals surface area contributed by atoms with E-state index in [1.54, 1.807) is 18.5 Å². The van der Waals surface area contributed by atoms with Crippen molar-refractivity contribution in [2.45, 2.75) is 0 Å². The number of fused-ring (bicyclic) bond motifs is 1. The Labute approximate surface area is 108 Å². The molecule has 94 valence electrons. The van der Waals surface area contributed by atoms with Crippen molar-refractivity contribution in [1.29, 1.82) is 0 Å². The second-order valence-electron chi connectivity index (χ2n) is 3.99. The van der Waals surface area contributed by atoms with Gasteiger partial charge in [0.15, 0.2) is 5.82 Å². The van der Waals surface area contributed by atoms with Crippen molar-refractivity contribution in [3.05, 3.63) is 42.6 Å². The van der Waals surface area contributed by atoms with Crippen LogP contribution >= 0.6 is 0 Å². The van der Waals surface area contributed by atoms with E-state index in [1.165, 1.54) is 6.07 Å². The predicted molar refractivity (Wildman–Crippen MR) is 71.6 cm³/mol. The number of hydrogen-bond acceptors (Lipinski definition) is 4. The second kappa shape index (κ2) is 4.16. The van der Waals surface area contributed by atoms with Gasteiger partial charge in [-0.1, -0.05) is 12.7 Å². The van der Waals surface area contributed by atoms with Crippen molar-refractivity contribution in [2.75, 3.05) is 5.73 Å². The van der Waals surface area contributed by atoms with Gasteiger partial charge in [0.1, 0.15) is 17.3 Å². The van der Waals surface area contributed by atoms with Crippen LogP contribution in [0.4, 0.5) is 10.2 Å². The lowest BCUT2D eigenvalue weighted by Crippen LogP contribution is -1.98. The van der Waals surface area contributed by atoms with Crippen molar-refractivity contribution in [1.82, 2.24) is 19.9 Å². The summed E-state index contributed by atoms with van der Waals surface area (Å²) < 4.78 is 13.3. The average molecular weight is 255 g/mol. The molecular weight excluding hydrogens is 245 g/mol. The first-order valence-electron chi connectivity index (χ1n) is 5.57. The zero-order valence-corrected chi connectivity index (χ0v) is 9.89.